The number of ketones is 1. The van der Waals surface area contributed by atoms with Crippen LogP contribution in [0.1, 0.15) is 18.1 Å². The number of nitro groups is 1. The fraction of sp³-hybridized carbons (Fsp3) is 0.182. The van der Waals surface area contributed by atoms with E-state index in [0.717, 1.165) is 0 Å². The third-order valence-corrected chi connectivity index (χ3v) is 2.66. The zero-order valence-corrected chi connectivity index (χ0v) is 8.51. The lowest BCUT2D eigenvalue weighted by Crippen LogP contribution is -2.33. The lowest BCUT2D eigenvalue weighted by atomic mass is 9.83. The van der Waals surface area contributed by atoms with Crippen LogP contribution < -0.4 is 0 Å². The van der Waals surface area contributed by atoms with Crippen LogP contribution in [0.2, 0.25) is 0 Å². The van der Waals surface area contributed by atoms with E-state index in [1.165, 1.54) is 37.3 Å². The zero-order chi connectivity index (χ0) is 11.9. The van der Waals surface area contributed by atoms with Gasteiger partial charge in [0.25, 0.3) is 5.69 Å². The van der Waals surface area contributed by atoms with E-state index in [1.807, 2.05) is 0 Å². The topological polar surface area (TPSA) is 80.4 Å². The van der Waals surface area contributed by atoms with Crippen LogP contribution in [0, 0.1) is 10.1 Å². The van der Waals surface area contributed by atoms with Gasteiger partial charge < -0.3 is 5.11 Å². The Kier molecular flexibility index (Phi) is 2.13. The predicted octanol–water partition coefficient (Wildman–Crippen LogP) is 1.40. The molecule has 0 bridgehead atoms. The smallest absolute Gasteiger partial charge is 0.270 e. The molecule has 0 amide bonds. The first-order valence-corrected chi connectivity index (χ1v) is 4.67. The molecule has 1 unspecified atom stereocenters. The van der Waals surface area contributed by atoms with Crippen LogP contribution in [0.3, 0.4) is 0 Å². The van der Waals surface area contributed by atoms with Crippen molar-refractivity contribution in [2.75, 3.05) is 0 Å². The number of fused-ring (bicyclic) bond motifs is 1. The van der Waals surface area contributed by atoms with Gasteiger partial charge in [0.1, 0.15) is 5.60 Å². The molecule has 2 rings (SSSR count). The van der Waals surface area contributed by atoms with Gasteiger partial charge >= 0.3 is 0 Å². The first kappa shape index (κ1) is 10.5. The molecule has 1 aromatic carbocycles. The third kappa shape index (κ3) is 1.42. The lowest BCUT2D eigenvalue weighted by molar-refractivity contribution is -0.384. The number of hydrogen-bond donors (Lipinski definition) is 1. The largest absolute Gasteiger partial charge is 0.377 e. The number of carbonyl (C=O) groups excluding carboxylic acids is 1. The molecule has 82 valence electrons. The van der Waals surface area contributed by atoms with Gasteiger partial charge in [-0.2, -0.15) is 0 Å². The summed E-state index contributed by atoms with van der Waals surface area (Å²) in [4.78, 5) is 21.5. The second kappa shape index (κ2) is 3.24. The monoisotopic (exact) mass is 219 g/mol. The van der Waals surface area contributed by atoms with E-state index in [1.54, 1.807) is 0 Å². The van der Waals surface area contributed by atoms with Gasteiger partial charge in [-0.15, -0.1) is 0 Å². The molecule has 0 fully saturated rings. The maximum atomic E-state index is 11.4. The highest BCUT2D eigenvalue weighted by Crippen LogP contribution is 2.32. The van der Waals surface area contributed by atoms with Gasteiger partial charge in [-0.3, -0.25) is 14.9 Å². The molecule has 0 aromatic heterocycles. The molecule has 5 heteroatoms. The van der Waals surface area contributed by atoms with Crippen LogP contribution in [0.25, 0.3) is 6.08 Å². The van der Waals surface area contributed by atoms with Crippen LogP contribution >= 0.6 is 0 Å². The average Bonchev–Trinajstić information content (AvgIpc) is 2.23. The van der Waals surface area contributed by atoms with Crippen molar-refractivity contribution in [1.29, 1.82) is 0 Å². The number of carbonyl (C=O) groups is 1. The Morgan fingerprint density at radius 2 is 2.06 bits per heavy atom. The van der Waals surface area contributed by atoms with Crippen molar-refractivity contribution in [1.82, 2.24) is 0 Å². The Hall–Kier alpha value is -2.01. The number of aliphatic hydroxyl groups is 1. The minimum atomic E-state index is -1.60. The van der Waals surface area contributed by atoms with Crippen LogP contribution in [0.5, 0.6) is 0 Å². The summed E-state index contributed by atoms with van der Waals surface area (Å²) in [6.07, 6.45) is 2.70. The average molecular weight is 219 g/mol. The summed E-state index contributed by atoms with van der Waals surface area (Å²) in [5.41, 5.74) is -0.767. The Balaban J connectivity index is 2.62. The summed E-state index contributed by atoms with van der Waals surface area (Å²) in [5, 5.41) is 20.5. The van der Waals surface area contributed by atoms with Crippen LogP contribution in [-0.2, 0) is 10.4 Å². The van der Waals surface area contributed by atoms with Gasteiger partial charge in [-0.05, 0) is 30.2 Å². The number of rotatable bonds is 1. The Morgan fingerprint density at radius 3 is 2.69 bits per heavy atom. The van der Waals surface area contributed by atoms with E-state index >= 15 is 0 Å². The number of nitro benzene ring substituents is 1. The van der Waals surface area contributed by atoms with Crippen molar-refractivity contribution in [3.63, 3.8) is 0 Å². The summed E-state index contributed by atoms with van der Waals surface area (Å²) in [7, 11) is 0. The number of non-ortho nitro benzene ring substituents is 1. The minimum Gasteiger partial charge on any atom is -0.377 e. The van der Waals surface area contributed by atoms with E-state index < -0.39 is 16.3 Å². The van der Waals surface area contributed by atoms with Crippen molar-refractivity contribution in [2.45, 2.75) is 12.5 Å². The maximum absolute atomic E-state index is 11.4. The molecule has 0 saturated carbocycles. The van der Waals surface area contributed by atoms with Gasteiger partial charge in [0.05, 0.1) is 4.92 Å². The van der Waals surface area contributed by atoms with Crippen LogP contribution in [0.4, 0.5) is 5.69 Å². The SMILES string of the molecule is CC1(O)C(=O)C=Cc2cc([N+](=O)[O-])ccc21. The molecule has 1 N–H and O–H groups in total. The molecule has 16 heavy (non-hydrogen) atoms. The molecule has 5 nitrogen and oxygen atoms in total. The first-order valence-electron chi connectivity index (χ1n) is 4.67. The Bertz CT molecular complexity index is 517. The second-order valence-corrected chi connectivity index (χ2v) is 3.80. The molecule has 0 heterocycles. The number of nitrogens with zero attached hydrogens (tertiary/aromatic N) is 1. The highest BCUT2D eigenvalue weighted by atomic mass is 16.6. The molecule has 1 atom stereocenters. The minimum absolute atomic E-state index is 0.0615. The second-order valence-electron chi connectivity index (χ2n) is 3.80. The summed E-state index contributed by atoms with van der Waals surface area (Å²) >= 11 is 0. The van der Waals surface area contributed by atoms with Crippen molar-refractivity contribution < 1.29 is 14.8 Å². The molecule has 1 aromatic rings. The molecular weight excluding hydrogens is 210 g/mol. The van der Waals surface area contributed by atoms with E-state index in [-0.39, 0.29) is 5.69 Å². The number of hydrogen-bond acceptors (Lipinski definition) is 4. The molecule has 0 radical (unpaired) electrons. The summed E-state index contributed by atoms with van der Waals surface area (Å²) < 4.78 is 0. The highest BCUT2D eigenvalue weighted by Gasteiger charge is 2.35. The van der Waals surface area contributed by atoms with Gasteiger partial charge in [0.2, 0.25) is 0 Å². The molecular formula is C11H9NO4. The molecule has 0 saturated heterocycles. The molecule has 0 aliphatic heterocycles. The van der Waals surface area contributed by atoms with Gasteiger partial charge in [-0.1, -0.05) is 6.08 Å². The van der Waals surface area contributed by atoms with Crippen molar-refractivity contribution in [3.8, 4) is 0 Å². The summed E-state index contributed by atoms with van der Waals surface area (Å²) in [5.74, 6) is -0.422. The fourth-order valence-corrected chi connectivity index (χ4v) is 1.71. The Labute approximate surface area is 91.2 Å². The van der Waals surface area contributed by atoms with Crippen LogP contribution in [0.15, 0.2) is 24.3 Å². The summed E-state index contributed by atoms with van der Waals surface area (Å²) in [6.45, 7) is 1.38. The molecule has 0 spiro atoms. The highest BCUT2D eigenvalue weighted by molar-refractivity contribution is 6.03. The molecule has 1 aliphatic carbocycles. The quantitative estimate of drug-likeness (QED) is 0.571. The lowest BCUT2D eigenvalue weighted by Gasteiger charge is -2.25. The predicted molar refractivity (Wildman–Crippen MR) is 56.7 cm³/mol. The van der Waals surface area contributed by atoms with Gasteiger partial charge in [0, 0.05) is 12.1 Å². The van der Waals surface area contributed by atoms with E-state index in [9.17, 15) is 20.0 Å². The van der Waals surface area contributed by atoms with Gasteiger partial charge in [-0.25, -0.2) is 0 Å². The maximum Gasteiger partial charge on any atom is 0.270 e. The zero-order valence-electron chi connectivity index (χ0n) is 8.51. The third-order valence-electron chi connectivity index (χ3n) is 2.66. The first-order chi connectivity index (χ1) is 7.43. The molecule has 1 aliphatic rings. The van der Waals surface area contributed by atoms with Gasteiger partial charge in [0.15, 0.2) is 5.78 Å². The van der Waals surface area contributed by atoms with E-state index in [0.29, 0.717) is 11.1 Å². The summed E-state index contributed by atoms with van der Waals surface area (Å²) in [6, 6.07) is 4.03. The standard InChI is InChI=1S/C11H9NO4/c1-11(14)9-4-3-8(12(15)16)6-7(9)2-5-10(11)13/h2-6,14H,1H3. The van der Waals surface area contributed by atoms with Crippen molar-refractivity contribution >= 4 is 17.5 Å². The fourth-order valence-electron chi connectivity index (χ4n) is 1.71. The normalized spacial score (nSPS) is 23.0. The Morgan fingerprint density at radius 1 is 1.38 bits per heavy atom. The number of benzene rings is 1. The van der Waals surface area contributed by atoms with Crippen LogP contribution in [-0.4, -0.2) is 15.8 Å². The van der Waals surface area contributed by atoms with E-state index in [2.05, 4.69) is 0 Å². The van der Waals surface area contributed by atoms with E-state index in [4.69, 9.17) is 0 Å². The van der Waals surface area contributed by atoms with Crippen molar-refractivity contribution in [3.05, 3.63) is 45.5 Å². The van der Waals surface area contributed by atoms with Crippen molar-refractivity contribution in [2.24, 2.45) is 0 Å².